The van der Waals surface area contributed by atoms with Crippen LogP contribution in [0.4, 0.5) is 5.69 Å². The van der Waals surface area contributed by atoms with Gasteiger partial charge in [0.2, 0.25) is 0 Å². The van der Waals surface area contributed by atoms with Gasteiger partial charge in [-0.1, -0.05) is 12.1 Å². The molecule has 0 radical (unpaired) electrons. The van der Waals surface area contributed by atoms with Crippen LogP contribution < -0.4 is 10.6 Å². The summed E-state index contributed by atoms with van der Waals surface area (Å²) in [5.74, 6) is -0.847. The third-order valence-electron chi connectivity index (χ3n) is 3.86. The van der Waals surface area contributed by atoms with Gasteiger partial charge in [-0.05, 0) is 44.2 Å². The molecule has 3 aromatic rings. The Labute approximate surface area is 161 Å². The molecule has 0 aliphatic carbocycles. The molecule has 2 N–H and O–H groups in total. The lowest BCUT2D eigenvalue weighted by atomic mass is 10.1. The topological polar surface area (TPSA) is 113 Å². The fourth-order valence-corrected chi connectivity index (χ4v) is 2.48. The van der Waals surface area contributed by atoms with Gasteiger partial charge in [0.05, 0.1) is 17.3 Å². The van der Waals surface area contributed by atoms with Gasteiger partial charge in [-0.25, -0.2) is 4.68 Å². The number of nitriles is 1. The van der Waals surface area contributed by atoms with Crippen LogP contribution in [0.15, 0.2) is 61.1 Å². The number of pyridine rings is 1. The summed E-state index contributed by atoms with van der Waals surface area (Å²) in [6.07, 6.45) is 4.80. The van der Waals surface area contributed by atoms with Crippen LogP contribution in [0.5, 0.6) is 0 Å². The zero-order valence-electron chi connectivity index (χ0n) is 15.4. The monoisotopic (exact) mass is 374 g/mol. The minimum atomic E-state index is -1.03. The van der Waals surface area contributed by atoms with Crippen molar-refractivity contribution in [2.24, 2.45) is 0 Å². The lowest BCUT2D eigenvalue weighted by Gasteiger charge is -2.17. The van der Waals surface area contributed by atoms with E-state index in [1.165, 1.54) is 12.3 Å². The first-order valence-electron chi connectivity index (χ1n) is 8.50. The van der Waals surface area contributed by atoms with Crippen LogP contribution in [0.2, 0.25) is 0 Å². The second-order valence-corrected chi connectivity index (χ2v) is 6.54. The number of rotatable bonds is 5. The van der Waals surface area contributed by atoms with Crippen molar-refractivity contribution in [1.82, 2.24) is 20.1 Å². The normalized spacial score (nSPS) is 10.8. The first-order chi connectivity index (χ1) is 13.4. The van der Waals surface area contributed by atoms with Crippen molar-refractivity contribution in [3.63, 3.8) is 0 Å². The third-order valence-corrected chi connectivity index (χ3v) is 3.86. The van der Waals surface area contributed by atoms with Crippen molar-refractivity contribution in [2.75, 3.05) is 5.32 Å². The molecule has 0 fully saturated rings. The van der Waals surface area contributed by atoms with E-state index in [0.717, 1.165) is 0 Å². The highest BCUT2D eigenvalue weighted by Gasteiger charge is 2.21. The molecule has 0 atom stereocenters. The Morgan fingerprint density at radius 3 is 2.61 bits per heavy atom. The molecule has 0 unspecified atom stereocenters. The van der Waals surface area contributed by atoms with Crippen molar-refractivity contribution >= 4 is 17.5 Å². The number of anilines is 1. The van der Waals surface area contributed by atoms with E-state index in [1.54, 1.807) is 61.3 Å². The number of nitrogens with zero attached hydrogens (tertiary/aromatic N) is 4. The molecule has 3 rings (SSSR count). The summed E-state index contributed by atoms with van der Waals surface area (Å²) in [6.45, 7) is 3.17. The molecule has 0 aliphatic rings. The van der Waals surface area contributed by atoms with Crippen LogP contribution in [-0.2, 0) is 0 Å². The Hall–Kier alpha value is -3.99. The smallest absolute Gasteiger partial charge is 0.271 e. The second-order valence-electron chi connectivity index (χ2n) is 6.54. The van der Waals surface area contributed by atoms with Crippen molar-refractivity contribution in [1.29, 1.82) is 5.26 Å². The zero-order valence-corrected chi connectivity index (χ0v) is 15.4. The number of benzene rings is 1. The van der Waals surface area contributed by atoms with Gasteiger partial charge in [0, 0.05) is 24.3 Å². The molecule has 0 saturated carbocycles. The van der Waals surface area contributed by atoms with E-state index >= 15 is 0 Å². The Bertz CT molecular complexity index is 1050. The summed E-state index contributed by atoms with van der Waals surface area (Å²) >= 11 is 0. The fraction of sp³-hybridized carbons (Fsp3) is 0.150. The van der Waals surface area contributed by atoms with Gasteiger partial charge in [0.15, 0.2) is 0 Å². The number of amides is 2. The summed E-state index contributed by atoms with van der Waals surface area (Å²) < 4.78 is 1.60. The minimum Gasteiger partial charge on any atom is -0.333 e. The van der Waals surface area contributed by atoms with Crippen LogP contribution in [-0.4, -0.2) is 32.1 Å². The van der Waals surface area contributed by atoms with Crippen molar-refractivity contribution in [3.05, 3.63) is 72.3 Å². The summed E-state index contributed by atoms with van der Waals surface area (Å²) in [7, 11) is 0. The van der Waals surface area contributed by atoms with Gasteiger partial charge in [-0.3, -0.25) is 14.6 Å². The third kappa shape index (κ3) is 4.22. The summed E-state index contributed by atoms with van der Waals surface area (Å²) in [6, 6.07) is 13.9. The molecular weight excluding hydrogens is 356 g/mol. The quantitative estimate of drug-likeness (QED) is 0.713. The largest absolute Gasteiger partial charge is 0.333 e. The van der Waals surface area contributed by atoms with E-state index in [-0.39, 0.29) is 11.6 Å². The average molecular weight is 374 g/mol. The molecule has 2 amide bonds. The Morgan fingerprint density at radius 1 is 1.11 bits per heavy atom. The standard InChI is InChI=1S/C20H18N6O2/c1-20(2,13-21)25-19(28)16-12-14(8-10-22-16)24-18(27)15-6-3-4-7-17(15)26-11-5-9-23-26/h3-12H,1-2H3,(H,25,28)(H,22,24,27). The van der Waals surface area contributed by atoms with Crippen LogP contribution >= 0.6 is 0 Å². The first-order valence-corrected chi connectivity index (χ1v) is 8.50. The number of nitrogens with one attached hydrogen (secondary N) is 2. The lowest BCUT2D eigenvalue weighted by molar-refractivity contribution is 0.0923. The highest BCUT2D eigenvalue weighted by molar-refractivity contribution is 6.07. The van der Waals surface area contributed by atoms with Crippen LogP contribution in [0.25, 0.3) is 5.69 Å². The maximum atomic E-state index is 12.8. The molecule has 8 nitrogen and oxygen atoms in total. The van der Waals surface area contributed by atoms with Crippen LogP contribution in [0, 0.1) is 11.3 Å². The molecule has 8 heteroatoms. The predicted octanol–water partition coefficient (Wildman–Crippen LogP) is 2.55. The maximum absolute atomic E-state index is 12.8. The summed E-state index contributed by atoms with van der Waals surface area (Å²) in [5.41, 5.74) is 0.546. The molecule has 0 saturated heterocycles. The van der Waals surface area contributed by atoms with Gasteiger partial charge < -0.3 is 10.6 Å². The molecule has 0 bridgehead atoms. The average Bonchev–Trinajstić information content (AvgIpc) is 3.22. The molecule has 2 heterocycles. The molecule has 1 aromatic carbocycles. The SMILES string of the molecule is CC(C)(C#N)NC(=O)c1cc(NC(=O)c2ccccc2-n2cccn2)ccn1. The number of hydrogen-bond acceptors (Lipinski definition) is 5. The van der Waals surface area contributed by atoms with E-state index in [0.29, 0.717) is 16.9 Å². The molecule has 0 aliphatic heterocycles. The molecule has 140 valence electrons. The Kier molecular flexibility index (Phi) is 5.18. The minimum absolute atomic E-state index is 0.0986. The van der Waals surface area contributed by atoms with Crippen molar-refractivity contribution in [3.8, 4) is 11.8 Å². The Balaban J connectivity index is 1.81. The van der Waals surface area contributed by atoms with Crippen LogP contribution in [0.1, 0.15) is 34.7 Å². The van der Waals surface area contributed by atoms with E-state index in [9.17, 15) is 9.59 Å². The van der Waals surface area contributed by atoms with Gasteiger partial charge in [0.1, 0.15) is 11.2 Å². The zero-order chi connectivity index (χ0) is 20.1. The van der Waals surface area contributed by atoms with Gasteiger partial charge in [-0.2, -0.15) is 10.4 Å². The number of carbonyl (C=O) groups is 2. The van der Waals surface area contributed by atoms with Crippen LogP contribution in [0.3, 0.4) is 0 Å². The number of hydrogen-bond donors (Lipinski definition) is 2. The summed E-state index contributed by atoms with van der Waals surface area (Å²) in [5, 5.41) is 18.6. The highest BCUT2D eigenvalue weighted by atomic mass is 16.2. The number of carbonyl (C=O) groups excluding carboxylic acids is 2. The summed E-state index contributed by atoms with van der Waals surface area (Å²) in [4.78, 5) is 29.1. The van der Waals surface area contributed by atoms with Gasteiger partial charge in [-0.15, -0.1) is 0 Å². The fourth-order valence-electron chi connectivity index (χ4n) is 2.48. The van der Waals surface area contributed by atoms with E-state index < -0.39 is 11.4 Å². The van der Waals surface area contributed by atoms with Crippen molar-refractivity contribution in [2.45, 2.75) is 19.4 Å². The maximum Gasteiger partial charge on any atom is 0.271 e. The van der Waals surface area contributed by atoms with E-state index in [4.69, 9.17) is 5.26 Å². The van der Waals surface area contributed by atoms with Gasteiger partial charge in [0.25, 0.3) is 11.8 Å². The van der Waals surface area contributed by atoms with Crippen molar-refractivity contribution < 1.29 is 9.59 Å². The van der Waals surface area contributed by atoms with E-state index in [1.807, 2.05) is 12.1 Å². The molecular formula is C20H18N6O2. The highest BCUT2D eigenvalue weighted by Crippen LogP contribution is 2.17. The Morgan fingerprint density at radius 2 is 1.89 bits per heavy atom. The number of aromatic nitrogens is 3. The van der Waals surface area contributed by atoms with Gasteiger partial charge >= 0.3 is 0 Å². The number of para-hydroxylation sites is 1. The second kappa shape index (κ2) is 7.72. The molecule has 2 aromatic heterocycles. The van der Waals surface area contributed by atoms with E-state index in [2.05, 4.69) is 20.7 Å². The first kappa shape index (κ1) is 18.8. The molecule has 28 heavy (non-hydrogen) atoms. The lowest BCUT2D eigenvalue weighted by Crippen LogP contribution is -2.42. The predicted molar refractivity (Wildman–Crippen MR) is 103 cm³/mol. The molecule has 0 spiro atoms.